The van der Waals surface area contributed by atoms with Crippen molar-refractivity contribution in [3.8, 4) is 11.5 Å². The molecule has 0 aliphatic heterocycles. The normalized spacial score (nSPS) is 10.1. The molecule has 0 aliphatic rings. The van der Waals surface area contributed by atoms with E-state index in [0.717, 1.165) is 6.42 Å². The summed E-state index contributed by atoms with van der Waals surface area (Å²) in [7, 11) is 0. The summed E-state index contributed by atoms with van der Waals surface area (Å²) in [5.74, 6) is -1.16. The summed E-state index contributed by atoms with van der Waals surface area (Å²) in [6.45, 7) is 1.84. The Balaban J connectivity index is 1.76. The molecule has 1 aromatic carbocycles. The highest BCUT2D eigenvalue weighted by molar-refractivity contribution is 5.92. The second-order valence-electron chi connectivity index (χ2n) is 5.02. The van der Waals surface area contributed by atoms with E-state index in [0.29, 0.717) is 18.0 Å². The van der Waals surface area contributed by atoms with E-state index in [2.05, 4.69) is 20.8 Å². The zero-order valence-electron chi connectivity index (χ0n) is 13.7. The first-order valence-corrected chi connectivity index (χ1v) is 7.67. The molecule has 2 amide bonds. The third-order valence-corrected chi connectivity index (χ3v) is 3.08. The average Bonchev–Trinajstić information content (AvgIpc) is 3.17. The van der Waals surface area contributed by atoms with Crippen LogP contribution in [0.2, 0.25) is 0 Å². The van der Waals surface area contributed by atoms with E-state index >= 15 is 0 Å². The van der Waals surface area contributed by atoms with Crippen molar-refractivity contribution in [3.63, 3.8) is 0 Å². The largest absolute Gasteiger partial charge is 0.452 e. The molecule has 9 nitrogen and oxygen atoms in total. The molecule has 0 spiro atoms. The van der Waals surface area contributed by atoms with Crippen LogP contribution in [0.15, 0.2) is 35.1 Å². The van der Waals surface area contributed by atoms with E-state index in [-0.39, 0.29) is 18.0 Å². The molecule has 2 N–H and O–H groups in total. The molecule has 132 valence electrons. The van der Waals surface area contributed by atoms with Crippen molar-refractivity contribution < 1.29 is 23.5 Å². The van der Waals surface area contributed by atoms with Crippen LogP contribution in [-0.4, -0.2) is 47.7 Å². The van der Waals surface area contributed by atoms with Crippen LogP contribution >= 0.6 is 0 Å². The summed E-state index contributed by atoms with van der Waals surface area (Å²) < 4.78 is 9.95. The fourth-order valence-electron chi connectivity index (χ4n) is 1.82. The van der Waals surface area contributed by atoms with Crippen LogP contribution in [0.5, 0.6) is 0 Å². The highest BCUT2D eigenvalue weighted by atomic mass is 16.5. The molecular weight excluding hydrogens is 328 g/mol. The van der Waals surface area contributed by atoms with Crippen LogP contribution in [-0.2, 0) is 14.3 Å². The van der Waals surface area contributed by atoms with Crippen LogP contribution < -0.4 is 10.6 Å². The Hall–Kier alpha value is -3.23. The van der Waals surface area contributed by atoms with Crippen LogP contribution in [0.25, 0.3) is 11.5 Å². The van der Waals surface area contributed by atoms with Gasteiger partial charge < -0.3 is 19.8 Å². The predicted molar refractivity (Wildman–Crippen MR) is 86.3 cm³/mol. The molecule has 0 bridgehead atoms. The molecule has 2 rings (SSSR count). The van der Waals surface area contributed by atoms with Gasteiger partial charge in [0.1, 0.15) is 0 Å². The van der Waals surface area contributed by atoms with Gasteiger partial charge in [-0.1, -0.05) is 6.92 Å². The monoisotopic (exact) mass is 346 g/mol. The van der Waals surface area contributed by atoms with Gasteiger partial charge in [0.2, 0.25) is 18.2 Å². The van der Waals surface area contributed by atoms with E-state index in [1.54, 1.807) is 12.1 Å². The van der Waals surface area contributed by atoms with Gasteiger partial charge in [-0.05, 0) is 30.7 Å². The Kier molecular flexibility index (Phi) is 6.64. The fourth-order valence-corrected chi connectivity index (χ4v) is 1.82. The van der Waals surface area contributed by atoms with Gasteiger partial charge in [0.15, 0.2) is 6.61 Å². The first-order chi connectivity index (χ1) is 12.1. The molecular formula is C16H18N4O5. The minimum Gasteiger partial charge on any atom is -0.452 e. The summed E-state index contributed by atoms with van der Waals surface area (Å²) in [5, 5.41) is 12.3. The number of ether oxygens (including phenoxy) is 1. The SMILES string of the molecule is CCCNC(=O)CNC(=O)COC(=O)c1ccc(-c2nnco2)cc1. The zero-order valence-corrected chi connectivity index (χ0v) is 13.7. The van der Waals surface area contributed by atoms with E-state index < -0.39 is 18.5 Å². The lowest BCUT2D eigenvalue weighted by Crippen LogP contribution is -2.38. The van der Waals surface area contributed by atoms with Gasteiger partial charge in [0.05, 0.1) is 12.1 Å². The summed E-state index contributed by atoms with van der Waals surface area (Å²) in [6, 6.07) is 6.31. The lowest BCUT2D eigenvalue weighted by Gasteiger charge is -2.07. The molecule has 0 saturated heterocycles. The second kappa shape index (κ2) is 9.16. The quantitative estimate of drug-likeness (QED) is 0.668. The molecule has 2 aromatic rings. The van der Waals surface area contributed by atoms with E-state index in [1.165, 1.54) is 18.5 Å². The topological polar surface area (TPSA) is 123 Å². The average molecular weight is 346 g/mol. The number of rotatable bonds is 8. The minimum absolute atomic E-state index is 0.157. The molecule has 0 aliphatic carbocycles. The van der Waals surface area contributed by atoms with Crippen molar-refractivity contribution in [1.82, 2.24) is 20.8 Å². The highest BCUT2D eigenvalue weighted by Crippen LogP contribution is 2.16. The molecule has 0 atom stereocenters. The van der Waals surface area contributed by atoms with Gasteiger partial charge in [0, 0.05) is 12.1 Å². The Bertz CT molecular complexity index is 713. The van der Waals surface area contributed by atoms with Crippen molar-refractivity contribution in [2.75, 3.05) is 19.7 Å². The van der Waals surface area contributed by atoms with Gasteiger partial charge in [-0.3, -0.25) is 9.59 Å². The van der Waals surface area contributed by atoms with Crippen LogP contribution in [0.4, 0.5) is 0 Å². The first-order valence-electron chi connectivity index (χ1n) is 7.67. The number of hydrogen-bond donors (Lipinski definition) is 2. The number of amides is 2. The van der Waals surface area contributed by atoms with Crippen LogP contribution in [0.3, 0.4) is 0 Å². The smallest absolute Gasteiger partial charge is 0.338 e. The first kappa shape index (κ1) is 18.1. The Morgan fingerprint density at radius 1 is 1.12 bits per heavy atom. The zero-order chi connectivity index (χ0) is 18.1. The van der Waals surface area contributed by atoms with Gasteiger partial charge in [-0.15, -0.1) is 10.2 Å². The number of benzene rings is 1. The number of carbonyl (C=O) groups is 3. The standard InChI is InChI=1S/C16H18N4O5/c1-2-7-17-13(21)8-18-14(22)9-24-16(23)12-5-3-11(4-6-12)15-20-19-10-25-15/h3-6,10H,2,7-9H2,1H3,(H,17,21)(H,18,22). The molecule has 0 fully saturated rings. The molecule has 1 aromatic heterocycles. The lowest BCUT2D eigenvalue weighted by atomic mass is 10.1. The summed E-state index contributed by atoms with van der Waals surface area (Å²) in [5.41, 5.74) is 0.932. The third-order valence-electron chi connectivity index (χ3n) is 3.08. The van der Waals surface area contributed by atoms with E-state index in [9.17, 15) is 14.4 Å². The molecule has 0 saturated carbocycles. The number of esters is 1. The van der Waals surface area contributed by atoms with Crippen LogP contribution in [0, 0.1) is 0 Å². The van der Waals surface area contributed by atoms with Gasteiger partial charge in [-0.25, -0.2) is 4.79 Å². The van der Waals surface area contributed by atoms with E-state index in [1.807, 2.05) is 6.92 Å². The number of carbonyl (C=O) groups excluding carboxylic acids is 3. The van der Waals surface area contributed by atoms with Crippen molar-refractivity contribution >= 4 is 17.8 Å². The number of nitrogens with one attached hydrogen (secondary N) is 2. The number of aromatic nitrogens is 2. The Morgan fingerprint density at radius 2 is 1.88 bits per heavy atom. The lowest BCUT2D eigenvalue weighted by molar-refractivity contribution is -0.127. The Labute approximate surface area is 143 Å². The fraction of sp³-hybridized carbons (Fsp3) is 0.312. The van der Waals surface area contributed by atoms with Crippen LogP contribution in [0.1, 0.15) is 23.7 Å². The highest BCUT2D eigenvalue weighted by Gasteiger charge is 2.12. The van der Waals surface area contributed by atoms with Gasteiger partial charge in [0.25, 0.3) is 5.91 Å². The maximum Gasteiger partial charge on any atom is 0.338 e. The minimum atomic E-state index is -0.650. The number of hydrogen-bond acceptors (Lipinski definition) is 7. The van der Waals surface area contributed by atoms with Crippen molar-refractivity contribution in [2.45, 2.75) is 13.3 Å². The summed E-state index contributed by atoms with van der Waals surface area (Å²) in [4.78, 5) is 34.8. The van der Waals surface area contributed by atoms with Gasteiger partial charge in [-0.2, -0.15) is 0 Å². The number of nitrogens with zero attached hydrogens (tertiary/aromatic N) is 2. The maximum atomic E-state index is 11.9. The summed E-state index contributed by atoms with van der Waals surface area (Å²) in [6.07, 6.45) is 2.02. The van der Waals surface area contributed by atoms with E-state index in [4.69, 9.17) is 9.15 Å². The van der Waals surface area contributed by atoms with Gasteiger partial charge >= 0.3 is 5.97 Å². The molecule has 1 heterocycles. The predicted octanol–water partition coefficient (Wildman–Crippen LogP) is 0.536. The molecule has 0 radical (unpaired) electrons. The molecule has 9 heteroatoms. The summed E-state index contributed by atoms with van der Waals surface area (Å²) >= 11 is 0. The van der Waals surface area contributed by atoms with Crippen molar-refractivity contribution in [3.05, 3.63) is 36.2 Å². The molecule has 0 unspecified atom stereocenters. The van der Waals surface area contributed by atoms with Crippen molar-refractivity contribution in [1.29, 1.82) is 0 Å². The second-order valence-corrected chi connectivity index (χ2v) is 5.02. The molecule has 25 heavy (non-hydrogen) atoms. The third kappa shape index (κ3) is 5.72. The van der Waals surface area contributed by atoms with Crippen molar-refractivity contribution in [2.24, 2.45) is 0 Å². The Morgan fingerprint density at radius 3 is 2.52 bits per heavy atom. The maximum absolute atomic E-state index is 11.9.